The van der Waals surface area contributed by atoms with Gasteiger partial charge in [0.25, 0.3) is 0 Å². The fourth-order valence-electron chi connectivity index (χ4n) is 3.45. The third kappa shape index (κ3) is 7.18. The first kappa shape index (κ1) is 21.2. The molecule has 0 atom stereocenters. The highest BCUT2D eigenvalue weighted by Gasteiger charge is 2.05. The number of rotatable bonds is 12. The van der Waals surface area contributed by atoms with Crippen molar-refractivity contribution in [1.82, 2.24) is 9.88 Å². The normalized spacial score (nSPS) is 11.1. The van der Waals surface area contributed by atoms with Crippen molar-refractivity contribution in [2.75, 3.05) is 13.6 Å². The van der Waals surface area contributed by atoms with E-state index in [-0.39, 0.29) is 5.75 Å². The summed E-state index contributed by atoms with van der Waals surface area (Å²) in [6, 6.07) is 10.3. The summed E-state index contributed by atoms with van der Waals surface area (Å²) in [4.78, 5) is 6.47. The van der Waals surface area contributed by atoms with Gasteiger partial charge in [-0.2, -0.15) is 0 Å². The quantitative estimate of drug-likeness (QED) is 0.495. The number of benzene rings is 1. The Hall–Kier alpha value is -2.13. The second kappa shape index (κ2) is 11.6. The zero-order chi connectivity index (χ0) is 19.5. The van der Waals surface area contributed by atoms with E-state index in [9.17, 15) is 5.11 Å². The molecule has 1 aromatic heterocycles. The summed E-state index contributed by atoms with van der Waals surface area (Å²) in [6.45, 7) is 7.84. The summed E-state index contributed by atoms with van der Waals surface area (Å²) < 4.78 is 0. The molecular formula is C24H34N2O. The van der Waals surface area contributed by atoms with Gasteiger partial charge in [-0.3, -0.25) is 4.98 Å². The molecule has 0 radical (unpaired) electrons. The second-order valence-electron chi connectivity index (χ2n) is 7.32. The van der Waals surface area contributed by atoms with E-state index in [0.717, 1.165) is 18.7 Å². The van der Waals surface area contributed by atoms with E-state index in [1.54, 1.807) is 18.3 Å². The Kier molecular flexibility index (Phi) is 9.06. The van der Waals surface area contributed by atoms with Gasteiger partial charge in [-0.25, -0.2) is 0 Å². The lowest BCUT2D eigenvalue weighted by Crippen LogP contribution is -2.19. The third-order valence-electron chi connectivity index (χ3n) is 5.10. The maximum Gasteiger partial charge on any atom is 0.138 e. The van der Waals surface area contributed by atoms with E-state index >= 15 is 0 Å². The van der Waals surface area contributed by atoms with Gasteiger partial charge < -0.3 is 10.0 Å². The van der Waals surface area contributed by atoms with Gasteiger partial charge in [0.2, 0.25) is 0 Å². The van der Waals surface area contributed by atoms with Gasteiger partial charge >= 0.3 is 0 Å². The van der Waals surface area contributed by atoms with E-state index in [4.69, 9.17) is 0 Å². The van der Waals surface area contributed by atoms with Gasteiger partial charge in [0, 0.05) is 12.7 Å². The van der Waals surface area contributed by atoms with Gasteiger partial charge in [0.1, 0.15) is 5.75 Å². The van der Waals surface area contributed by atoms with Crippen molar-refractivity contribution < 1.29 is 5.11 Å². The Morgan fingerprint density at radius 3 is 2.63 bits per heavy atom. The highest BCUT2D eigenvalue weighted by atomic mass is 16.3. The van der Waals surface area contributed by atoms with Gasteiger partial charge in [0.15, 0.2) is 0 Å². The molecule has 146 valence electrons. The SMILES string of the molecule is C=Cc1ccc(CCCCCCCN(C)Cc2ncccc2O)cc1CC. The predicted octanol–water partition coefficient (Wildman–Crippen LogP) is 5.62. The van der Waals surface area contributed by atoms with E-state index < -0.39 is 0 Å². The van der Waals surface area contributed by atoms with Crippen LogP contribution in [0.3, 0.4) is 0 Å². The summed E-state index contributed by atoms with van der Waals surface area (Å²) in [5.74, 6) is 0.289. The van der Waals surface area contributed by atoms with Crippen LogP contribution in [-0.4, -0.2) is 28.6 Å². The summed E-state index contributed by atoms with van der Waals surface area (Å²) in [5.41, 5.74) is 4.88. The summed E-state index contributed by atoms with van der Waals surface area (Å²) in [7, 11) is 2.09. The zero-order valence-corrected chi connectivity index (χ0v) is 17.0. The third-order valence-corrected chi connectivity index (χ3v) is 5.10. The lowest BCUT2D eigenvalue weighted by atomic mass is 9.98. The molecule has 0 aliphatic carbocycles. The van der Waals surface area contributed by atoms with Crippen LogP contribution in [0.1, 0.15) is 61.4 Å². The molecule has 1 N–H and O–H groups in total. The molecule has 27 heavy (non-hydrogen) atoms. The van der Waals surface area contributed by atoms with Crippen molar-refractivity contribution in [1.29, 1.82) is 0 Å². The molecule has 0 aliphatic rings. The first-order valence-corrected chi connectivity index (χ1v) is 10.2. The molecule has 0 bridgehead atoms. The minimum atomic E-state index is 0.289. The molecule has 0 saturated heterocycles. The molecule has 3 nitrogen and oxygen atoms in total. The minimum Gasteiger partial charge on any atom is -0.506 e. The molecule has 0 fully saturated rings. The van der Waals surface area contributed by atoms with Crippen LogP contribution < -0.4 is 0 Å². The number of hydrogen-bond donors (Lipinski definition) is 1. The molecule has 1 aromatic carbocycles. The van der Waals surface area contributed by atoms with E-state index in [1.807, 2.05) is 6.08 Å². The van der Waals surface area contributed by atoms with Crippen LogP contribution in [0, 0.1) is 0 Å². The standard InChI is InChI=1S/C24H34N2O/c1-4-21-15-14-20(18-22(21)5-2)12-9-7-6-8-10-17-26(3)19-23-24(27)13-11-16-25-23/h4,11,13-16,18,27H,1,5-10,12,17,19H2,2-3H3. The highest BCUT2D eigenvalue weighted by Crippen LogP contribution is 2.17. The van der Waals surface area contributed by atoms with Crippen LogP contribution in [0.4, 0.5) is 0 Å². The molecule has 0 amide bonds. The van der Waals surface area contributed by atoms with Gasteiger partial charge in [-0.1, -0.05) is 57.0 Å². The average molecular weight is 367 g/mol. The molecule has 2 rings (SSSR count). The van der Waals surface area contributed by atoms with E-state index in [2.05, 4.69) is 48.6 Å². The van der Waals surface area contributed by atoms with Gasteiger partial charge in [-0.15, -0.1) is 0 Å². The number of unbranched alkanes of at least 4 members (excludes halogenated alkanes) is 4. The van der Waals surface area contributed by atoms with Crippen molar-refractivity contribution in [2.45, 2.75) is 58.4 Å². The molecule has 0 aliphatic heterocycles. The van der Waals surface area contributed by atoms with Crippen molar-refractivity contribution in [3.8, 4) is 5.75 Å². The monoisotopic (exact) mass is 366 g/mol. The van der Waals surface area contributed by atoms with Crippen LogP contribution in [0.25, 0.3) is 6.08 Å². The van der Waals surface area contributed by atoms with Gasteiger partial charge in [0.05, 0.1) is 5.69 Å². The second-order valence-corrected chi connectivity index (χ2v) is 7.32. The maximum absolute atomic E-state index is 9.79. The summed E-state index contributed by atoms with van der Waals surface area (Å²) in [5, 5.41) is 9.79. The van der Waals surface area contributed by atoms with Crippen LogP contribution in [0.2, 0.25) is 0 Å². The lowest BCUT2D eigenvalue weighted by Gasteiger charge is -2.16. The molecular weight excluding hydrogens is 332 g/mol. The van der Waals surface area contributed by atoms with Crippen molar-refractivity contribution >= 4 is 6.08 Å². The Morgan fingerprint density at radius 2 is 1.89 bits per heavy atom. The highest BCUT2D eigenvalue weighted by molar-refractivity contribution is 5.52. The molecule has 0 saturated carbocycles. The molecule has 0 spiro atoms. The number of pyridine rings is 1. The fourth-order valence-corrected chi connectivity index (χ4v) is 3.45. The number of nitrogens with zero attached hydrogens (tertiary/aromatic N) is 2. The van der Waals surface area contributed by atoms with Crippen LogP contribution in [0.5, 0.6) is 5.75 Å². The maximum atomic E-state index is 9.79. The van der Waals surface area contributed by atoms with E-state index in [1.165, 1.54) is 55.2 Å². The van der Waals surface area contributed by atoms with Crippen molar-refractivity contribution in [3.63, 3.8) is 0 Å². The number of aryl methyl sites for hydroxylation is 2. The van der Waals surface area contributed by atoms with Crippen LogP contribution in [0.15, 0.2) is 43.1 Å². The van der Waals surface area contributed by atoms with Crippen molar-refractivity contribution in [3.05, 3.63) is 65.5 Å². The number of aromatic nitrogens is 1. The first-order chi connectivity index (χ1) is 13.1. The Balaban J connectivity index is 1.58. The van der Waals surface area contributed by atoms with E-state index in [0.29, 0.717) is 6.54 Å². The molecule has 0 unspecified atom stereocenters. The first-order valence-electron chi connectivity index (χ1n) is 10.2. The fraction of sp³-hybridized carbons (Fsp3) is 0.458. The van der Waals surface area contributed by atoms with Gasteiger partial charge in [-0.05, 0) is 68.1 Å². The average Bonchev–Trinajstić information content (AvgIpc) is 2.68. The Morgan fingerprint density at radius 1 is 1.11 bits per heavy atom. The lowest BCUT2D eigenvalue weighted by molar-refractivity contribution is 0.306. The van der Waals surface area contributed by atoms with Crippen LogP contribution in [-0.2, 0) is 19.4 Å². The number of aromatic hydroxyl groups is 1. The topological polar surface area (TPSA) is 36.4 Å². The zero-order valence-electron chi connectivity index (χ0n) is 17.0. The summed E-state index contributed by atoms with van der Waals surface area (Å²) in [6.07, 6.45) is 12.2. The molecule has 1 heterocycles. The molecule has 3 heteroatoms. The Bertz CT molecular complexity index is 711. The Labute approximate surface area is 164 Å². The smallest absolute Gasteiger partial charge is 0.138 e. The van der Waals surface area contributed by atoms with Crippen molar-refractivity contribution in [2.24, 2.45) is 0 Å². The number of hydrogen-bond acceptors (Lipinski definition) is 3. The predicted molar refractivity (Wildman–Crippen MR) is 115 cm³/mol. The van der Waals surface area contributed by atoms with Crippen LogP contribution >= 0.6 is 0 Å². The molecule has 2 aromatic rings. The summed E-state index contributed by atoms with van der Waals surface area (Å²) >= 11 is 0. The minimum absolute atomic E-state index is 0.289. The largest absolute Gasteiger partial charge is 0.506 e.